The second-order valence-electron chi connectivity index (χ2n) is 3.65. The maximum Gasteiger partial charge on any atom is 0.362 e. The van der Waals surface area contributed by atoms with Crippen molar-refractivity contribution in [2.45, 2.75) is 13.8 Å². The highest BCUT2D eigenvalue weighted by Gasteiger charge is 2.14. The van der Waals surface area contributed by atoms with Crippen molar-refractivity contribution in [3.63, 3.8) is 0 Å². The monoisotopic (exact) mass is 342 g/mol. The third-order valence-corrected chi connectivity index (χ3v) is 2.84. The van der Waals surface area contributed by atoms with Crippen molar-refractivity contribution in [1.29, 1.82) is 0 Å². The Hall–Kier alpha value is -1.89. The molecule has 0 unspecified atom stereocenters. The Kier molecular flexibility index (Phi) is 6.17. The molecule has 0 spiro atoms. The predicted octanol–water partition coefficient (Wildman–Crippen LogP) is 3.89. The van der Waals surface area contributed by atoms with Crippen LogP contribution in [-0.4, -0.2) is 24.8 Å². The van der Waals surface area contributed by atoms with Gasteiger partial charge in [0, 0.05) is 0 Å². The molecule has 1 rings (SSSR count). The van der Waals surface area contributed by atoms with Gasteiger partial charge in [0.2, 0.25) is 5.70 Å². The van der Waals surface area contributed by atoms with Gasteiger partial charge in [0.1, 0.15) is 11.4 Å². The topological polar surface area (TPSA) is 80.5 Å². The van der Waals surface area contributed by atoms with Gasteiger partial charge in [0.05, 0.1) is 18.2 Å². The minimum absolute atomic E-state index is 0.186. The number of benzene rings is 1. The Balaban J connectivity index is 3.10. The number of methoxy groups -OCH3 is 1. The summed E-state index contributed by atoms with van der Waals surface area (Å²) in [5, 5.41) is 17.1. The van der Waals surface area contributed by atoms with Crippen molar-refractivity contribution in [1.82, 2.24) is 0 Å². The molecule has 1 aromatic carbocycles. The van der Waals surface area contributed by atoms with Crippen molar-refractivity contribution in [2.75, 3.05) is 13.7 Å². The van der Waals surface area contributed by atoms with Crippen LogP contribution in [0.15, 0.2) is 44.4 Å². The van der Waals surface area contributed by atoms with E-state index in [1.165, 1.54) is 14.0 Å². The van der Waals surface area contributed by atoms with Gasteiger partial charge in [-0.05, 0) is 41.9 Å². The molecule has 6 nitrogen and oxygen atoms in total. The fourth-order valence-electron chi connectivity index (χ4n) is 1.34. The summed E-state index contributed by atoms with van der Waals surface area (Å²) in [6.07, 6.45) is 0. The van der Waals surface area contributed by atoms with Gasteiger partial charge in [-0.3, -0.25) is 0 Å². The first-order valence-corrected chi connectivity index (χ1v) is 6.61. The largest absolute Gasteiger partial charge is 0.510 e. The first kappa shape index (κ1) is 16.2. The maximum absolute atomic E-state index is 11.6. The number of aliphatic hydroxyl groups is 1. The van der Waals surface area contributed by atoms with E-state index in [-0.39, 0.29) is 18.1 Å². The molecule has 0 aliphatic heterocycles. The summed E-state index contributed by atoms with van der Waals surface area (Å²) in [5.74, 6) is -0.513. The van der Waals surface area contributed by atoms with E-state index >= 15 is 0 Å². The molecule has 0 saturated heterocycles. The lowest BCUT2D eigenvalue weighted by atomic mass is 10.3. The zero-order chi connectivity index (χ0) is 15.1. The first-order chi connectivity index (χ1) is 9.51. The minimum atomic E-state index is -0.731. The fraction of sp³-hybridized carbons (Fsp3) is 0.308. The number of azo groups is 1. The second-order valence-corrected chi connectivity index (χ2v) is 4.50. The molecule has 0 fully saturated rings. The van der Waals surface area contributed by atoms with Crippen LogP contribution in [0, 0.1) is 0 Å². The summed E-state index contributed by atoms with van der Waals surface area (Å²) in [5.41, 5.74) is 0.179. The zero-order valence-corrected chi connectivity index (χ0v) is 13.0. The summed E-state index contributed by atoms with van der Waals surface area (Å²) in [6.45, 7) is 3.19. The quantitative estimate of drug-likeness (QED) is 0.381. The molecule has 0 aliphatic rings. The summed E-state index contributed by atoms with van der Waals surface area (Å²) in [7, 11) is 1.50. The number of ether oxygens (including phenoxy) is 2. The van der Waals surface area contributed by atoms with Crippen molar-refractivity contribution in [3.8, 4) is 5.75 Å². The SMILES string of the molecule is CCOC(=O)C(N=Nc1cccc(Br)c1OC)=C(C)O. The van der Waals surface area contributed by atoms with E-state index in [1.54, 1.807) is 25.1 Å². The Labute approximate surface area is 125 Å². The van der Waals surface area contributed by atoms with Crippen LogP contribution < -0.4 is 4.74 Å². The Morgan fingerprint density at radius 1 is 1.45 bits per heavy atom. The number of nitrogens with zero attached hydrogens (tertiary/aromatic N) is 2. The number of carbonyl (C=O) groups excluding carboxylic acids is 1. The molecular weight excluding hydrogens is 328 g/mol. The van der Waals surface area contributed by atoms with Gasteiger partial charge in [-0.15, -0.1) is 10.2 Å². The van der Waals surface area contributed by atoms with Crippen LogP contribution in [0.4, 0.5) is 5.69 Å². The molecule has 0 atom stereocenters. The molecule has 20 heavy (non-hydrogen) atoms. The molecule has 1 aromatic rings. The highest BCUT2D eigenvalue weighted by molar-refractivity contribution is 9.10. The molecule has 0 radical (unpaired) electrons. The van der Waals surface area contributed by atoms with Crippen LogP contribution >= 0.6 is 15.9 Å². The van der Waals surface area contributed by atoms with Gasteiger partial charge in [0.25, 0.3) is 0 Å². The van der Waals surface area contributed by atoms with E-state index in [0.29, 0.717) is 15.9 Å². The summed E-state index contributed by atoms with van der Waals surface area (Å²) in [4.78, 5) is 11.6. The normalized spacial score (nSPS) is 12.2. The number of allylic oxidation sites excluding steroid dienone is 1. The maximum atomic E-state index is 11.6. The lowest BCUT2D eigenvalue weighted by molar-refractivity contribution is -0.138. The predicted molar refractivity (Wildman–Crippen MR) is 77.2 cm³/mol. The third-order valence-electron chi connectivity index (χ3n) is 2.22. The lowest BCUT2D eigenvalue weighted by Crippen LogP contribution is -2.07. The van der Waals surface area contributed by atoms with Crippen LogP contribution in [-0.2, 0) is 9.53 Å². The number of aliphatic hydroxyl groups excluding tert-OH is 1. The van der Waals surface area contributed by atoms with Crippen molar-refractivity contribution in [2.24, 2.45) is 10.2 Å². The molecule has 0 aliphatic carbocycles. The summed E-state index contributed by atoms with van der Waals surface area (Å²) >= 11 is 3.32. The summed E-state index contributed by atoms with van der Waals surface area (Å²) in [6, 6.07) is 5.21. The number of hydrogen-bond donors (Lipinski definition) is 1. The molecule has 0 heterocycles. The number of halogens is 1. The van der Waals surface area contributed by atoms with Crippen LogP contribution in [0.2, 0.25) is 0 Å². The molecule has 0 bridgehead atoms. The molecule has 0 amide bonds. The second kappa shape index (κ2) is 7.64. The van der Waals surface area contributed by atoms with Gasteiger partial charge >= 0.3 is 5.97 Å². The number of carbonyl (C=O) groups is 1. The zero-order valence-electron chi connectivity index (χ0n) is 11.4. The molecule has 7 heteroatoms. The number of esters is 1. The van der Waals surface area contributed by atoms with Gasteiger partial charge in [-0.2, -0.15) is 0 Å². The van der Waals surface area contributed by atoms with Gasteiger partial charge in [0.15, 0.2) is 5.75 Å². The summed E-state index contributed by atoms with van der Waals surface area (Å²) < 4.78 is 10.7. The Morgan fingerprint density at radius 3 is 2.70 bits per heavy atom. The molecular formula is C13H15BrN2O4. The van der Waals surface area contributed by atoms with E-state index in [0.717, 1.165) is 0 Å². The van der Waals surface area contributed by atoms with E-state index < -0.39 is 5.97 Å². The molecule has 0 aromatic heterocycles. The third kappa shape index (κ3) is 4.06. The van der Waals surface area contributed by atoms with Crippen LogP contribution in [0.25, 0.3) is 0 Å². The van der Waals surface area contributed by atoms with Crippen molar-refractivity contribution in [3.05, 3.63) is 34.1 Å². The van der Waals surface area contributed by atoms with Crippen molar-refractivity contribution < 1.29 is 19.4 Å². The lowest BCUT2D eigenvalue weighted by Gasteiger charge is -2.06. The van der Waals surface area contributed by atoms with Crippen LogP contribution in [0.5, 0.6) is 5.75 Å². The van der Waals surface area contributed by atoms with Gasteiger partial charge < -0.3 is 14.6 Å². The standard InChI is InChI=1S/C13H15BrN2O4/c1-4-20-13(18)11(8(2)17)16-15-10-7-5-6-9(14)12(10)19-3/h5-7,17H,4H2,1-3H3. The smallest absolute Gasteiger partial charge is 0.362 e. The average molecular weight is 343 g/mol. The van der Waals surface area contributed by atoms with Gasteiger partial charge in [-0.1, -0.05) is 6.07 Å². The average Bonchev–Trinajstić information content (AvgIpc) is 2.39. The van der Waals surface area contributed by atoms with E-state index in [9.17, 15) is 9.90 Å². The minimum Gasteiger partial charge on any atom is -0.510 e. The Bertz CT molecular complexity index is 551. The van der Waals surface area contributed by atoms with Crippen LogP contribution in [0.1, 0.15) is 13.8 Å². The number of hydrogen-bond acceptors (Lipinski definition) is 6. The first-order valence-electron chi connectivity index (χ1n) is 5.82. The number of para-hydroxylation sites is 1. The highest BCUT2D eigenvalue weighted by atomic mass is 79.9. The fourth-order valence-corrected chi connectivity index (χ4v) is 1.86. The molecule has 1 N–H and O–H groups in total. The van der Waals surface area contributed by atoms with E-state index in [2.05, 4.69) is 26.2 Å². The van der Waals surface area contributed by atoms with E-state index in [4.69, 9.17) is 9.47 Å². The van der Waals surface area contributed by atoms with Crippen molar-refractivity contribution >= 4 is 27.6 Å². The van der Waals surface area contributed by atoms with Gasteiger partial charge in [-0.25, -0.2) is 4.79 Å². The van der Waals surface area contributed by atoms with E-state index in [1.807, 2.05) is 0 Å². The van der Waals surface area contributed by atoms with Crippen LogP contribution in [0.3, 0.4) is 0 Å². The molecule has 108 valence electrons. The Morgan fingerprint density at radius 2 is 2.15 bits per heavy atom. The highest BCUT2D eigenvalue weighted by Crippen LogP contribution is 2.35. The molecule has 0 saturated carbocycles. The number of rotatable bonds is 5.